The van der Waals surface area contributed by atoms with Crippen molar-refractivity contribution in [2.24, 2.45) is 5.73 Å². The average Bonchev–Trinajstić information content (AvgIpc) is 2.49. The SMILES string of the molecule is Cc1ccccc1N(CCCN)C(=O)c1cncc(F)c1. The molecule has 5 heteroatoms. The van der Waals surface area contributed by atoms with E-state index in [0.717, 1.165) is 17.4 Å². The van der Waals surface area contributed by atoms with Gasteiger partial charge in [0.2, 0.25) is 0 Å². The third-order valence-corrected chi connectivity index (χ3v) is 3.19. The van der Waals surface area contributed by atoms with Gasteiger partial charge in [-0.25, -0.2) is 4.39 Å². The summed E-state index contributed by atoms with van der Waals surface area (Å²) in [5.74, 6) is -0.797. The maximum absolute atomic E-state index is 13.3. The van der Waals surface area contributed by atoms with Gasteiger partial charge in [0, 0.05) is 18.4 Å². The van der Waals surface area contributed by atoms with E-state index >= 15 is 0 Å². The van der Waals surface area contributed by atoms with E-state index in [1.807, 2.05) is 31.2 Å². The minimum absolute atomic E-state index is 0.232. The van der Waals surface area contributed by atoms with Gasteiger partial charge in [0.25, 0.3) is 5.91 Å². The number of hydrogen-bond donors (Lipinski definition) is 1. The van der Waals surface area contributed by atoms with Gasteiger partial charge in [-0.2, -0.15) is 0 Å². The van der Waals surface area contributed by atoms with E-state index in [1.165, 1.54) is 12.3 Å². The summed E-state index contributed by atoms with van der Waals surface area (Å²) in [4.78, 5) is 18.0. The molecule has 0 aliphatic heterocycles. The zero-order valence-corrected chi connectivity index (χ0v) is 11.9. The molecule has 2 N–H and O–H groups in total. The number of aryl methyl sites for hydroxylation is 1. The molecule has 0 bridgehead atoms. The number of carbonyl (C=O) groups excluding carboxylic acids is 1. The predicted molar refractivity (Wildman–Crippen MR) is 80.7 cm³/mol. The summed E-state index contributed by atoms with van der Waals surface area (Å²) < 4.78 is 13.3. The van der Waals surface area contributed by atoms with Crippen LogP contribution in [-0.2, 0) is 0 Å². The highest BCUT2D eigenvalue weighted by atomic mass is 19.1. The molecule has 0 fully saturated rings. The number of carbonyl (C=O) groups is 1. The summed E-state index contributed by atoms with van der Waals surface area (Å²) >= 11 is 0. The van der Waals surface area contributed by atoms with Gasteiger partial charge in [0.15, 0.2) is 0 Å². The maximum Gasteiger partial charge on any atom is 0.259 e. The molecule has 21 heavy (non-hydrogen) atoms. The van der Waals surface area contributed by atoms with Crippen molar-refractivity contribution >= 4 is 11.6 Å². The Bertz CT molecular complexity index is 630. The number of para-hydroxylation sites is 1. The average molecular weight is 287 g/mol. The van der Waals surface area contributed by atoms with Gasteiger partial charge in [-0.05, 0) is 37.6 Å². The quantitative estimate of drug-likeness (QED) is 0.919. The molecule has 1 aromatic heterocycles. The van der Waals surface area contributed by atoms with Gasteiger partial charge in [0.05, 0.1) is 11.8 Å². The molecule has 0 aliphatic rings. The monoisotopic (exact) mass is 287 g/mol. The summed E-state index contributed by atoms with van der Waals surface area (Å²) in [6.45, 7) is 2.90. The fourth-order valence-corrected chi connectivity index (χ4v) is 2.13. The first-order chi connectivity index (χ1) is 10.1. The van der Waals surface area contributed by atoms with Gasteiger partial charge >= 0.3 is 0 Å². The molecule has 1 heterocycles. The van der Waals surface area contributed by atoms with Gasteiger partial charge in [-0.15, -0.1) is 0 Å². The Hall–Kier alpha value is -2.27. The lowest BCUT2D eigenvalue weighted by molar-refractivity contribution is 0.0986. The second-order valence-corrected chi connectivity index (χ2v) is 4.78. The first-order valence-corrected chi connectivity index (χ1v) is 6.81. The standard InChI is InChI=1S/C16H18FN3O/c1-12-5-2-3-6-15(12)20(8-4-7-18)16(21)13-9-14(17)11-19-10-13/h2-3,5-6,9-11H,4,7-8,18H2,1H3. The van der Waals surface area contributed by atoms with Gasteiger partial charge < -0.3 is 10.6 Å². The van der Waals surface area contributed by atoms with E-state index in [2.05, 4.69) is 4.98 Å². The fraction of sp³-hybridized carbons (Fsp3) is 0.250. The number of nitrogens with zero attached hydrogens (tertiary/aromatic N) is 2. The second kappa shape index (κ2) is 6.95. The Balaban J connectivity index is 2.36. The van der Waals surface area contributed by atoms with Crippen molar-refractivity contribution in [3.63, 3.8) is 0 Å². The Labute approximate surface area is 123 Å². The molecule has 0 spiro atoms. The number of rotatable bonds is 5. The van der Waals surface area contributed by atoms with Crippen LogP contribution in [0.3, 0.4) is 0 Å². The van der Waals surface area contributed by atoms with Crippen molar-refractivity contribution in [3.05, 3.63) is 59.7 Å². The van der Waals surface area contributed by atoms with Crippen molar-refractivity contribution in [1.82, 2.24) is 4.98 Å². The fourth-order valence-electron chi connectivity index (χ4n) is 2.13. The number of benzene rings is 1. The highest BCUT2D eigenvalue weighted by molar-refractivity contribution is 6.06. The van der Waals surface area contributed by atoms with Gasteiger partial charge in [-0.3, -0.25) is 9.78 Å². The number of nitrogens with two attached hydrogens (primary N) is 1. The van der Waals surface area contributed by atoms with E-state index < -0.39 is 5.82 Å². The van der Waals surface area contributed by atoms with E-state index in [4.69, 9.17) is 5.73 Å². The number of aromatic nitrogens is 1. The third kappa shape index (κ3) is 3.64. The molecule has 4 nitrogen and oxygen atoms in total. The van der Waals surface area contributed by atoms with Crippen LogP contribution in [0.1, 0.15) is 22.3 Å². The van der Waals surface area contributed by atoms with E-state index in [-0.39, 0.29) is 11.5 Å². The van der Waals surface area contributed by atoms with Crippen molar-refractivity contribution in [3.8, 4) is 0 Å². The number of pyridine rings is 1. The Morgan fingerprint density at radius 1 is 1.33 bits per heavy atom. The van der Waals surface area contributed by atoms with Crippen LogP contribution in [0.15, 0.2) is 42.7 Å². The smallest absolute Gasteiger partial charge is 0.259 e. The molecular formula is C16H18FN3O. The topological polar surface area (TPSA) is 59.2 Å². The first-order valence-electron chi connectivity index (χ1n) is 6.81. The molecule has 1 aromatic carbocycles. The van der Waals surface area contributed by atoms with Crippen LogP contribution in [0.4, 0.5) is 10.1 Å². The van der Waals surface area contributed by atoms with Crippen LogP contribution < -0.4 is 10.6 Å². The van der Waals surface area contributed by atoms with Crippen molar-refractivity contribution < 1.29 is 9.18 Å². The van der Waals surface area contributed by atoms with Crippen molar-refractivity contribution in [2.75, 3.05) is 18.0 Å². The lowest BCUT2D eigenvalue weighted by Gasteiger charge is -2.24. The molecule has 1 amide bonds. The molecule has 2 rings (SSSR count). The first kappa shape index (κ1) is 15.1. The minimum Gasteiger partial charge on any atom is -0.330 e. The van der Waals surface area contributed by atoms with Crippen LogP contribution in [0.25, 0.3) is 0 Å². The number of amides is 1. The lowest BCUT2D eigenvalue weighted by Crippen LogP contribution is -2.33. The molecule has 0 unspecified atom stereocenters. The summed E-state index contributed by atoms with van der Waals surface area (Å²) in [5.41, 5.74) is 7.56. The van der Waals surface area contributed by atoms with E-state index in [1.54, 1.807) is 4.90 Å². The van der Waals surface area contributed by atoms with Crippen molar-refractivity contribution in [1.29, 1.82) is 0 Å². The Kier molecular flexibility index (Phi) is 5.00. The van der Waals surface area contributed by atoms with E-state index in [0.29, 0.717) is 19.5 Å². The van der Waals surface area contributed by atoms with Gasteiger partial charge in [0.1, 0.15) is 5.82 Å². The largest absolute Gasteiger partial charge is 0.330 e. The van der Waals surface area contributed by atoms with E-state index in [9.17, 15) is 9.18 Å². The molecule has 0 saturated heterocycles. The highest BCUT2D eigenvalue weighted by Crippen LogP contribution is 2.22. The predicted octanol–water partition coefficient (Wildman–Crippen LogP) is 2.52. The number of anilines is 1. The lowest BCUT2D eigenvalue weighted by atomic mass is 10.1. The van der Waals surface area contributed by atoms with Crippen molar-refractivity contribution in [2.45, 2.75) is 13.3 Å². The zero-order chi connectivity index (χ0) is 15.2. The second-order valence-electron chi connectivity index (χ2n) is 4.78. The normalized spacial score (nSPS) is 10.4. The summed E-state index contributed by atoms with van der Waals surface area (Å²) in [6, 6.07) is 8.78. The molecule has 0 atom stereocenters. The van der Waals surface area contributed by atoms with Crippen LogP contribution >= 0.6 is 0 Å². The van der Waals surface area contributed by atoms with Gasteiger partial charge in [-0.1, -0.05) is 18.2 Å². The highest BCUT2D eigenvalue weighted by Gasteiger charge is 2.19. The maximum atomic E-state index is 13.3. The number of hydrogen-bond acceptors (Lipinski definition) is 3. The van der Waals surface area contributed by atoms with Crippen LogP contribution in [0.2, 0.25) is 0 Å². The van der Waals surface area contributed by atoms with Crippen LogP contribution in [0, 0.1) is 12.7 Å². The number of halogens is 1. The summed E-state index contributed by atoms with van der Waals surface area (Å²) in [7, 11) is 0. The Morgan fingerprint density at radius 2 is 2.10 bits per heavy atom. The molecule has 0 saturated carbocycles. The Morgan fingerprint density at radius 3 is 2.76 bits per heavy atom. The molecular weight excluding hydrogens is 269 g/mol. The molecule has 0 aliphatic carbocycles. The van der Waals surface area contributed by atoms with Crippen LogP contribution in [-0.4, -0.2) is 24.0 Å². The summed E-state index contributed by atoms with van der Waals surface area (Å²) in [5, 5.41) is 0. The van der Waals surface area contributed by atoms with Crippen LogP contribution in [0.5, 0.6) is 0 Å². The molecule has 0 radical (unpaired) electrons. The third-order valence-electron chi connectivity index (χ3n) is 3.19. The molecule has 110 valence electrons. The zero-order valence-electron chi connectivity index (χ0n) is 11.9. The summed E-state index contributed by atoms with van der Waals surface area (Å²) in [6.07, 6.45) is 3.12. The minimum atomic E-state index is -0.524. The molecule has 2 aromatic rings.